The van der Waals surface area contributed by atoms with Gasteiger partial charge in [0.2, 0.25) is 0 Å². The first-order valence-corrected chi connectivity index (χ1v) is 8.85. The standard InChI is InChI=1S/C22H29NO3/c1-21(2,3)19(23(25)22(4,5)6)16-12-14-17(15-13-16)20(24)26-18-10-8-7-9-11-18/h7-15,19,25H,1-6H3. The Morgan fingerprint density at radius 3 is 1.92 bits per heavy atom. The second-order valence-electron chi connectivity index (χ2n) is 8.61. The fraction of sp³-hybridized carbons (Fsp3) is 0.409. The normalized spacial score (nSPS) is 13.5. The molecule has 2 aromatic carbocycles. The quantitative estimate of drug-likeness (QED) is 0.448. The largest absolute Gasteiger partial charge is 0.423 e. The molecule has 1 N–H and O–H groups in total. The highest BCUT2D eigenvalue weighted by Gasteiger charge is 2.36. The average molecular weight is 355 g/mol. The van der Waals surface area contributed by atoms with Crippen LogP contribution >= 0.6 is 0 Å². The van der Waals surface area contributed by atoms with Crippen LogP contribution in [0.2, 0.25) is 0 Å². The molecule has 0 aliphatic carbocycles. The third-order valence-corrected chi connectivity index (χ3v) is 4.17. The van der Waals surface area contributed by atoms with Crippen molar-refractivity contribution in [2.75, 3.05) is 0 Å². The minimum absolute atomic E-state index is 0.186. The predicted molar refractivity (Wildman–Crippen MR) is 103 cm³/mol. The summed E-state index contributed by atoms with van der Waals surface area (Å²) in [4.78, 5) is 12.3. The van der Waals surface area contributed by atoms with Crippen LogP contribution in [0.3, 0.4) is 0 Å². The molecule has 0 aliphatic rings. The minimum Gasteiger partial charge on any atom is -0.423 e. The molecule has 2 aromatic rings. The number of hydroxylamine groups is 2. The van der Waals surface area contributed by atoms with Crippen molar-refractivity contribution in [2.24, 2.45) is 5.41 Å². The molecule has 0 bridgehead atoms. The number of esters is 1. The summed E-state index contributed by atoms with van der Waals surface area (Å²) in [6.07, 6.45) is 0. The van der Waals surface area contributed by atoms with Crippen molar-refractivity contribution in [3.05, 3.63) is 65.7 Å². The number of para-hydroxylation sites is 1. The second kappa shape index (κ2) is 7.60. The van der Waals surface area contributed by atoms with Gasteiger partial charge < -0.3 is 9.94 Å². The molecular formula is C22H29NO3. The Balaban J connectivity index is 2.24. The smallest absolute Gasteiger partial charge is 0.343 e. The number of hydrogen-bond acceptors (Lipinski definition) is 4. The van der Waals surface area contributed by atoms with Crippen LogP contribution in [0.15, 0.2) is 54.6 Å². The SMILES string of the molecule is CC(C)(C)C(c1ccc(C(=O)Oc2ccccc2)cc1)N(O)C(C)(C)C. The lowest BCUT2D eigenvalue weighted by atomic mass is 9.80. The zero-order valence-electron chi connectivity index (χ0n) is 16.5. The molecule has 0 aromatic heterocycles. The van der Waals surface area contributed by atoms with E-state index in [1.165, 1.54) is 5.06 Å². The molecule has 0 amide bonds. The van der Waals surface area contributed by atoms with Gasteiger partial charge in [0.1, 0.15) is 5.75 Å². The Bertz CT molecular complexity index is 725. The fourth-order valence-electron chi connectivity index (χ4n) is 2.85. The molecule has 140 valence electrons. The highest BCUT2D eigenvalue weighted by atomic mass is 16.5. The summed E-state index contributed by atoms with van der Waals surface area (Å²) in [6.45, 7) is 12.2. The number of nitrogens with zero attached hydrogens (tertiary/aromatic N) is 1. The van der Waals surface area contributed by atoms with Crippen molar-refractivity contribution in [3.8, 4) is 5.75 Å². The highest BCUT2D eigenvalue weighted by Crippen LogP contribution is 2.40. The fourth-order valence-corrected chi connectivity index (χ4v) is 2.85. The van der Waals surface area contributed by atoms with Crippen LogP contribution in [0.5, 0.6) is 5.75 Å². The number of hydrogen-bond donors (Lipinski definition) is 1. The van der Waals surface area contributed by atoms with Crippen molar-refractivity contribution in [1.29, 1.82) is 0 Å². The van der Waals surface area contributed by atoms with Gasteiger partial charge >= 0.3 is 5.97 Å². The van der Waals surface area contributed by atoms with Crippen LogP contribution in [-0.4, -0.2) is 21.8 Å². The van der Waals surface area contributed by atoms with Gasteiger partial charge in [0, 0.05) is 5.54 Å². The van der Waals surface area contributed by atoms with E-state index in [0.29, 0.717) is 11.3 Å². The molecule has 0 radical (unpaired) electrons. The van der Waals surface area contributed by atoms with E-state index in [-0.39, 0.29) is 11.5 Å². The molecule has 0 saturated heterocycles. The lowest BCUT2D eigenvalue weighted by Crippen LogP contribution is -2.45. The summed E-state index contributed by atoms with van der Waals surface area (Å²) in [7, 11) is 0. The first-order chi connectivity index (χ1) is 12.0. The third-order valence-electron chi connectivity index (χ3n) is 4.17. The van der Waals surface area contributed by atoms with Gasteiger partial charge in [0.25, 0.3) is 0 Å². The van der Waals surface area contributed by atoms with E-state index in [1.54, 1.807) is 24.3 Å². The summed E-state index contributed by atoms with van der Waals surface area (Å²) in [5, 5.41) is 12.1. The monoisotopic (exact) mass is 355 g/mol. The summed E-state index contributed by atoms with van der Waals surface area (Å²) >= 11 is 0. The third kappa shape index (κ3) is 4.93. The van der Waals surface area contributed by atoms with Crippen LogP contribution in [0.25, 0.3) is 0 Å². The van der Waals surface area contributed by atoms with Crippen LogP contribution in [0.1, 0.15) is 63.5 Å². The van der Waals surface area contributed by atoms with Crippen molar-refractivity contribution in [1.82, 2.24) is 5.06 Å². The van der Waals surface area contributed by atoms with E-state index < -0.39 is 11.5 Å². The van der Waals surface area contributed by atoms with Gasteiger partial charge in [-0.1, -0.05) is 51.1 Å². The molecule has 0 spiro atoms. The van der Waals surface area contributed by atoms with Crippen molar-refractivity contribution in [3.63, 3.8) is 0 Å². The van der Waals surface area contributed by atoms with Gasteiger partial charge in [-0.05, 0) is 56.0 Å². The molecule has 0 heterocycles. The molecule has 0 fully saturated rings. The highest BCUT2D eigenvalue weighted by molar-refractivity contribution is 5.91. The summed E-state index contributed by atoms with van der Waals surface area (Å²) in [6, 6.07) is 16.1. The zero-order valence-corrected chi connectivity index (χ0v) is 16.5. The number of ether oxygens (including phenoxy) is 1. The summed E-state index contributed by atoms with van der Waals surface area (Å²) < 4.78 is 5.37. The molecule has 4 nitrogen and oxygen atoms in total. The van der Waals surface area contributed by atoms with E-state index in [1.807, 2.05) is 51.1 Å². The van der Waals surface area contributed by atoms with Crippen molar-refractivity contribution >= 4 is 5.97 Å². The predicted octanol–water partition coefficient (Wildman–Crippen LogP) is 5.48. The molecule has 2 rings (SSSR count). The van der Waals surface area contributed by atoms with E-state index >= 15 is 0 Å². The maximum Gasteiger partial charge on any atom is 0.343 e. The topological polar surface area (TPSA) is 49.8 Å². The maximum atomic E-state index is 12.3. The summed E-state index contributed by atoms with van der Waals surface area (Å²) in [5.74, 6) is 0.121. The molecule has 26 heavy (non-hydrogen) atoms. The van der Waals surface area contributed by atoms with Crippen LogP contribution in [0, 0.1) is 5.41 Å². The maximum absolute atomic E-state index is 12.3. The molecule has 4 heteroatoms. The van der Waals surface area contributed by atoms with Crippen molar-refractivity contribution < 1.29 is 14.7 Å². The second-order valence-corrected chi connectivity index (χ2v) is 8.61. The molecule has 1 atom stereocenters. The lowest BCUT2D eigenvalue weighted by molar-refractivity contribution is -0.211. The Morgan fingerprint density at radius 2 is 1.46 bits per heavy atom. The zero-order chi connectivity index (χ0) is 19.5. The van der Waals surface area contributed by atoms with Gasteiger partial charge in [-0.3, -0.25) is 0 Å². The minimum atomic E-state index is -0.400. The van der Waals surface area contributed by atoms with E-state index in [4.69, 9.17) is 4.74 Å². The van der Waals surface area contributed by atoms with Gasteiger partial charge in [-0.15, -0.1) is 0 Å². The Hall–Kier alpha value is -2.17. The number of rotatable bonds is 4. The first-order valence-electron chi connectivity index (χ1n) is 8.85. The van der Waals surface area contributed by atoms with E-state index in [2.05, 4.69) is 20.8 Å². The van der Waals surface area contributed by atoms with Gasteiger partial charge in [-0.25, -0.2) is 4.79 Å². The van der Waals surface area contributed by atoms with Crippen LogP contribution in [0.4, 0.5) is 0 Å². The molecule has 1 unspecified atom stereocenters. The number of carbonyl (C=O) groups excluding carboxylic acids is 1. The first kappa shape index (κ1) is 20.1. The molecule has 0 saturated carbocycles. The van der Waals surface area contributed by atoms with Crippen LogP contribution in [-0.2, 0) is 0 Å². The average Bonchev–Trinajstić information content (AvgIpc) is 2.54. The molecule has 0 aliphatic heterocycles. The lowest BCUT2D eigenvalue weighted by Gasteiger charge is -2.43. The van der Waals surface area contributed by atoms with Gasteiger partial charge in [-0.2, -0.15) is 5.06 Å². The van der Waals surface area contributed by atoms with Gasteiger partial charge in [0.05, 0.1) is 11.6 Å². The van der Waals surface area contributed by atoms with E-state index in [9.17, 15) is 10.0 Å². The molecular weight excluding hydrogens is 326 g/mol. The van der Waals surface area contributed by atoms with Crippen LogP contribution < -0.4 is 4.74 Å². The number of benzene rings is 2. The Morgan fingerprint density at radius 1 is 0.923 bits per heavy atom. The Labute approximate surface area is 156 Å². The van der Waals surface area contributed by atoms with E-state index in [0.717, 1.165) is 5.56 Å². The summed E-state index contributed by atoms with van der Waals surface area (Å²) in [5.41, 5.74) is 0.841. The van der Waals surface area contributed by atoms with Crippen molar-refractivity contribution in [2.45, 2.75) is 53.1 Å². The Kier molecular flexibility index (Phi) is 5.89. The number of carbonyl (C=O) groups is 1. The van der Waals surface area contributed by atoms with Gasteiger partial charge in [0.15, 0.2) is 0 Å².